The molecule has 0 aliphatic heterocycles. The Bertz CT molecular complexity index is 582. The van der Waals surface area contributed by atoms with E-state index in [0.717, 1.165) is 27.9 Å². The summed E-state index contributed by atoms with van der Waals surface area (Å²) in [5.74, 6) is 0. The molecular formula is C16H19BrN3O+. The summed E-state index contributed by atoms with van der Waals surface area (Å²) in [6.07, 6.45) is 3.54. The van der Waals surface area contributed by atoms with E-state index in [1.54, 1.807) is 12.4 Å². The molecule has 0 atom stereocenters. The monoisotopic (exact) mass is 348 g/mol. The molecule has 21 heavy (non-hydrogen) atoms. The maximum Gasteiger partial charge on any atom is 0.165 e. The van der Waals surface area contributed by atoms with Gasteiger partial charge in [0.2, 0.25) is 0 Å². The standard InChI is InChI=1S/C16H18BrN3O/c1-20(2)10-11-21-19-16(14-4-3-9-18-12-14)13-5-7-15(17)8-6-13/h3-9,12H,10-11H2,1-2H3/p+1/b19-16+. The van der Waals surface area contributed by atoms with Crippen molar-refractivity contribution in [1.29, 1.82) is 0 Å². The molecule has 0 saturated heterocycles. The highest BCUT2D eigenvalue weighted by atomic mass is 79.9. The van der Waals surface area contributed by atoms with E-state index < -0.39 is 0 Å². The third-order valence-corrected chi connectivity index (χ3v) is 3.43. The van der Waals surface area contributed by atoms with Crippen molar-refractivity contribution in [2.45, 2.75) is 0 Å². The van der Waals surface area contributed by atoms with Gasteiger partial charge in [0.25, 0.3) is 0 Å². The van der Waals surface area contributed by atoms with Crippen LogP contribution in [0.15, 0.2) is 58.4 Å². The number of quaternary nitrogens is 1. The van der Waals surface area contributed by atoms with Gasteiger partial charge in [-0.15, -0.1) is 0 Å². The molecule has 2 aromatic rings. The summed E-state index contributed by atoms with van der Waals surface area (Å²) in [7, 11) is 4.17. The van der Waals surface area contributed by atoms with Gasteiger partial charge in [0, 0.05) is 28.0 Å². The van der Waals surface area contributed by atoms with Crippen LogP contribution in [0.4, 0.5) is 0 Å². The second-order valence-corrected chi connectivity index (χ2v) is 5.89. The molecule has 1 heterocycles. The van der Waals surface area contributed by atoms with Crippen LogP contribution >= 0.6 is 15.9 Å². The molecule has 1 N–H and O–H groups in total. The van der Waals surface area contributed by atoms with Crippen LogP contribution in [0, 0.1) is 0 Å². The molecule has 2 rings (SSSR count). The number of nitrogens with one attached hydrogen (secondary N) is 1. The van der Waals surface area contributed by atoms with Crippen LogP contribution in [0.3, 0.4) is 0 Å². The number of benzene rings is 1. The summed E-state index contributed by atoms with van der Waals surface area (Å²) in [5.41, 5.74) is 2.74. The van der Waals surface area contributed by atoms with Crippen molar-refractivity contribution >= 4 is 21.6 Å². The summed E-state index contributed by atoms with van der Waals surface area (Å²) in [5, 5.41) is 4.31. The van der Waals surface area contributed by atoms with Gasteiger partial charge in [-0.05, 0) is 24.3 Å². The summed E-state index contributed by atoms with van der Waals surface area (Å²) in [6.45, 7) is 1.49. The molecule has 0 fully saturated rings. The molecule has 0 aliphatic rings. The van der Waals surface area contributed by atoms with Gasteiger partial charge in [0.1, 0.15) is 12.3 Å². The molecule has 0 amide bonds. The van der Waals surface area contributed by atoms with Crippen molar-refractivity contribution in [2.24, 2.45) is 5.16 Å². The number of likely N-dealkylation sites (N-methyl/N-ethyl adjacent to an activating group) is 1. The minimum atomic E-state index is 0.586. The third-order valence-electron chi connectivity index (χ3n) is 2.90. The van der Waals surface area contributed by atoms with Crippen molar-refractivity contribution in [1.82, 2.24) is 4.98 Å². The molecule has 1 aromatic heterocycles. The largest absolute Gasteiger partial charge is 0.389 e. The van der Waals surface area contributed by atoms with Crippen molar-refractivity contribution < 1.29 is 9.74 Å². The first-order valence-electron chi connectivity index (χ1n) is 6.82. The number of hydrogen-bond donors (Lipinski definition) is 1. The van der Waals surface area contributed by atoms with E-state index in [0.29, 0.717) is 6.61 Å². The third kappa shape index (κ3) is 4.95. The second-order valence-electron chi connectivity index (χ2n) is 4.98. The average Bonchev–Trinajstić information content (AvgIpc) is 2.49. The van der Waals surface area contributed by atoms with E-state index >= 15 is 0 Å². The zero-order valence-corrected chi connectivity index (χ0v) is 13.8. The lowest BCUT2D eigenvalue weighted by atomic mass is 10.0. The van der Waals surface area contributed by atoms with E-state index in [1.807, 2.05) is 36.4 Å². The maximum absolute atomic E-state index is 5.47. The highest BCUT2D eigenvalue weighted by molar-refractivity contribution is 9.10. The fourth-order valence-corrected chi connectivity index (χ4v) is 2.01. The Morgan fingerprint density at radius 2 is 1.95 bits per heavy atom. The van der Waals surface area contributed by atoms with E-state index in [4.69, 9.17) is 4.84 Å². The Hall–Kier alpha value is -1.72. The summed E-state index contributed by atoms with van der Waals surface area (Å²) in [4.78, 5) is 11.0. The number of hydrogen-bond acceptors (Lipinski definition) is 3. The van der Waals surface area contributed by atoms with Gasteiger partial charge < -0.3 is 9.74 Å². The summed E-state index contributed by atoms with van der Waals surface area (Å²) >= 11 is 3.44. The van der Waals surface area contributed by atoms with Gasteiger partial charge in [0.15, 0.2) is 6.61 Å². The van der Waals surface area contributed by atoms with Gasteiger partial charge in [0.05, 0.1) is 14.1 Å². The highest BCUT2D eigenvalue weighted by Gasteiger charge is 2.08. The molecule has 0 unspecified atom stereocenters. The second kappa shape index (κ2) is 7.90. The van der Waals surface area contributed by atoms with Crippen LogP contribution in [0.5, 0.6) is 0 Å². The summed E-state index contributed by atoms with van der Waals surface area (Å²) in [6, 6.07) is 11.9. The highest BCUT2D eigenvalue weighted by Crippen LogP contribution is 2.15. The molecule has 0 saturated carbocycles. The molecule has 0 aliphatic carbocycles. The van der Waals surface area contributed by atoms with Gasteiger partial charge in [-0.3, -0.25) is 4.98 Å². The van der Waals surface area contributed by atoms with E-state index in [-0.39, 0.29) is 0 Å². The van der Waals surface area contributed by atoms with Crippen molar-refractivity contribution in [3.8, 4) is 0 Å². The van der Waals surface area contributed by atoms with Crippen LogP contribution < -0.4 is 4.90 Å². The minimum Gasteiger partial charge on any atom is -0.389 e. The Kier molecular flexibility index (Phi) is 5.90. The van der Waals surface area contributed by atoms with E-state index in [9.17, 15) is 0 Å². The number of rotatable bonds is 6. The first-order valence-corrected chi connectivity index (χ1v) is 7.61. The van der Waals surface area contributed by atoms with E-state index in [2.05, 4.69) is 40.2 Å². The topological polar surface area (TPSA) is 38.9 Å². The zero-order chi connectivity index (χ0) is 15.1. The van der Waals surface area contributed by atoms with Gasteiger partial charge in [-0.2, -0.15) is 0 Å². The van der Waals surface area contributed by atoms with Gasteiger partial charge in [-0.1, -0.05) is 33.2 Å². The minimum absolute atomic E-state index is 0.586. The van der Waals surface area contributed by atoms with E-state index in [1.165, 1.54) is 4.90 Å². The number of nitrogens with zero attached hydrogens (tertiary/aromatic N) is 2. The Morgan fingerprint density at radius 1 is 1.19 bits per heavy atom. The van der Waals surface area contributed by atoms with Crippen LogP contribution in [0.1, 0.15) is 11.1 Å². The number of halogens is 1. The lowest BCUT2D eigenvalue weighted by molar-refractivity contribution is -0.858. The van der Waals surface area contributed by atoms with Crippen LogP contribution in [0.2, 0.25) is 0 Å². The quantitative estimate of drug-likeness (QED) is 0.490. The lowest BCUT2D eigenvalue weighted by Gasteiger charge is -2.09. The Labute approximate surface area is 133 Å². The van der Waals surface area contributed by atoms with Gasteiger partial charge >= 0.3 is 0 Å². The van der Waals surface area contributed by atoms with Crippen molar-refractivity contribution in [3.05, 3.63) is 64.4 Å². The normalized spacial score (nSPS) is 11.7. The predicted molar refractivity (Wildman–Crippen MR) is 87.6 cm³/mol. The first kappa shape index (κ1) is 15.7. The number of aromatic nitrogens is 1. The molecule has 5 heteroatoms. The Balaban J connectivity index is 2.22. The average molecular weight is 349 g/mol. The zero-order valence-electron chi connectivity index (χ0n) is 12.2. The predicted octanol–water partition coefficient (Wildman–Crippen LogP) is 1.76. The van der Waals surface area contributed by atoms with Crippen molar-refractivity contribution in [3.63, 3.8) is 0 Å². The van der Waals surface area contributed by atoms with Crippen molar-refractivity contribution in [2.75, 3.05) is 27.2 Å². The lowest BCUT2D eigenvalue weighted by Crippen LogP contribution is -3.06. The first-order chi connectivity index (χ1) is 10.2. The SMILES string of the molecule is C[NH+](C)CCO/N=C(\c1ccc(Br)cc1)c1cccnc1. The number of pyridine rings is 1. The van der Waals surface area contributed by atoms with Gasteiger partial charge in [-0.25, -0.2) is 0 Å². The molecule has 0 bridgehead atoms. The maximum atomic E-state index is 5.47. The molecular weight excluding hydrogens is 330 g/mol. The smallest absolute Gasteiger partial charge is 0.165 e. The number of oxime groups is 1. The molecule has 0 radical (unpaired) electrons. The molecule has 4 nitrogen and oxygen atoms in total. The molecule has 1 aromatic carbocycles. The summed E-state index contributed by atoms with van der Waals surface area (Å²) < 4.78 is 1.04. The fraction of sp³-hybridized carbons (Fsp3) is 0.250. The van der Waals surface area contributed by atoms with Crippen LogP contribution in [-0.4, -0.2) is 37.9 Å². The molecule has 0 spiro atoms. The Morgan fingerprint density at radius 3 is 2.57 bits per heavy atom. The van der Waals surface area contributed by atoms with Crippen LogP contribution in [-0.2, 0) is 4.84 Å². The fourth-order valence-electron chi connectivity index (χ4n) is 1.74. The van der Waals surface area contributed by atoms with Crippen LogP contribution in [0.25, 0.3) is 0 Å². The molecule has 110 valence electrons.